The molecule has 0 aliphatic heterocycles. The van der Waals surface area contributed by atoms with Gasteiger partial charge in [0.2, 0.25) is 0 Å². The number of benzene rings is 2. The number of carbonyl (C=O) groups is 1. The predicted octanol–water partition coefficient (Wildman–Crippen LogP) is 3.12. The van der Waals surface area contributed by atoms with Crippen LogP contribution in [0.3, 0.4) is 0 Å². The highest BCUT2D eigenvalue weighted by Gasteiger charge is 2.23. The van der Waals surface area contributed by atoms with Crippen LogP contribution < -0.4 is 10.1 Å². The average Bonchev–Trinajstić information content (AvgIpc) is 3.09. The van der Waals surface area contributed by atoms with Crippen molar-refractivity contribution in [2.45, 2.75) is 19.9 Å². The molecule has 0 aliphatic rings. The molecule has 6 nitrogen and oxygen atoms in total. The van der Waals surface area contributed by atoms with Gasteiger partial charge in [0.05, 0.1) is 41.9 Å². The van der Waals surface area contributed by atoms with Gasteiger partial charge in [0.1, 0.15) is 11.6 Å². The fourth-order valence-corrected chi connectivity index (χ4v) is 2.99. The fraction of sp³-hybridized carbons (Fsp3) is 0.300. The van der Waals surface area contributed by atoms with Gasteiger partial charge in [0.15, 0.2) is 0 Å². The summed E-state index contributed by atoms with van der Waals surface area (Å²) in [6.45, 7) is 3.67. The molecule has 3 rings (SSSR count). The second-order valence-corrected chi connectivity index (χ2v) is 6.66. The maximum absolute atomic E-state index is 13.7. The lowest BCUT2D eigenvalue weighted by molar-refractivity contribution is 0.0894. The van der Waals surface area contributed by atoms with Gasteiger partial charge in [-0.15, -0.1) is 0 Å². The summed E-state index contributed by atoms with van der Waals surface area (Å²) in [7, 11) is 1.47. The number of methoxy groups -OCH3 is 1. The zero-order valence-electron chi connectivity index (χ0n) is 15.4. The summed E-state index contributed by atoms with van der Waals surface area (Å²) < 4.78 is 19.2. The number of amides is 1. The molecule has 1 aromatic heterocycles. The van der Waals surface area contributed by atoms with Gasteiger partial charge >= 0.3 is 0 Å². The summed E-state index contributed by atoms with van der Waals surface area (Å²) in [5.41, 5.74) is 2.09. The molecule has 0 spiro atoms. The van der Waals surface area contributed by atoms with Crippen LogP contribution in [0.15, 0.2) is 36.4 Å². The highest BCUT2D eigenvalue weighted by molar-refractivity contribution is 6.07. The first kappa shape index (κ1) is 18.8. The van der Waals surface area contributed by atoms with E-state index in [0.717, 1.165) is 0 Å². The summed E-state index contributed by atoms with van der Waals surface area (Å²) in [5.74, 6) is -0.303. The van der Waals surface area contributed by atoms with Crippen LogP contribution in [0.4, 0.5) is 4.39 Å². The van der Waals surface area contributed by atoms with Crippen molar-refractivity contribution >= 4 is 16.8 Å². The van der Waals surface area contributed by atoms with Crippen molar-refractivity contribution in [3.63, 3.8) is 0 Å². The van der Waals surface area contributed by atoms with Crippen LogP contribution >= 0.6 is 0 Å². The van der Waals surface area contributed by atoms with E-state index in [1.807, 2.05) is 13.8 Å². The van der Waals surface area contributed by atoms with Gasteiger partial charge in [0, 0.05) is 5.56 Å². The largest absolute Gasteiger partial charge is 0.495 e. The standard InChI is InChI=1S/C20H22FN3O3/c1-11(2)16(10-25)22-20(26)14-7-8-15-17(19(14)27-3)18(24-23-15)12-5-4-6-13(21)9-12/h4-9,11,16,25H,10H2,1-3H3,(H,22,26)(H,23,24). The summed E-state index contributed by atoms with van der Waals surface area (Å²) in [6, 6.07) is 9.07. The second kappa shape index (κ2) is 7.75. The van der Waals surface area contributed by atoms with Crippen LogP contribution in [-0.4, -0.2) is 41.0 Å². The molecule has 0 radical (unpaired) electrons. The van der Waals surface area contributed by atoms with E-state index in [2.05, 4.69) is 15.5 Å². The van der Waals surface area contributed by atoms with Crippen molar-refractivity contribution in [1.29, 1.82) is 0 Å². The van der Waals surface area contributed by atoms with Crippen LogP contribution in [0, 0.1) is 11.7 Å². The van der Waals surface area contributed by atoms with E-state index in [1.165, 1.54) is 19.2 Å². The summed E-state index contributed by atoms with van der Waals surface area (Å²) in [4.78, 5) is 12.8. The average molecular weight is 371 g/mol. The Morgan fingerprint density at radius 1 is 1.33 bits per heavy atom. The highest BCUT2D eigenvalue weighted by atomic mass is 19.1. The molecule has 1 unspecified atom stereocenters. The van der Waals surface area contributed by atoms with E-state index in [0.29, 0.717) is 33.5 Å². The number of aromatic amines is 1. The Morgan fingerprint density at radius 3 is 2.74 bits per heavy atom. The van der Waals surface area contributed by atoms with Crippen LogP contribution in [0.5, 0.6) is 5.75 Å². The molecule has 2 aromatic carbocycles. The zero-order valence-corrected chi connectivity index (χ0v) is 15.4. The minimum absolute atomic E-state index is 0.0745. The maximum Gasteiger partial charge on any atom is 0.255 e. The Balaban J connectivity index is 2.10. The number of aromatic nitrogens is 2. The molecule has 1 atom stereocenters. The minimum atomic E-state index is -0.370. The molecule has 3 aromatic rings. The van der Waals surface area contributed by atoms with Crippen molar-refractivity contribution in [2.75, 3.05) is 13.7 Å². The first-order valence-corrected chi connectivity index (χ1v) is 8.69. The number of aliphatic hydroxyl groups excluding tert-OH is 1. The molecule has 27 heavy (non-hydrogen) atoms. The van der Waals surface area contributed by atoms with Crippen molar-refractivity contribution in [2.24, 2.45) is 5.92 Å². The van der Waals surface area contributed by atoms with E-state index in [1.54, 1.807) is 24.3 Å². The van der Waals surface area contributed by atoms with E-state index >= 15 is 0 Å². The lowest BCUT2D eigenvalue weighted by Gasteiger charge is -2.20. The third-order valence-corrected chi connectivity index (χ3v) is 4.55. The van der Waals surface area contributed by atoms with E-state index in [-0.39, 0.29) is 30.3 Å². The molecule has 142 valence electrons. The molecule has 1 heterocycles. The first-order chi connectivity index (χ1) is 13.0. The first-order valence-electron chi connectivity index (χ1n) is 8.69. The number of H-pyrrole nitrogens is 1. The van der Waals surface area contributed by atoms with Crippen LogP contribution in [-0.2, 0) is 0 Å². The van der Waals surface area contributed by atoms with E-state index in [4.69, 9.17) is 4.74 Å². The maximum atomic E-state index is 13.7. The Labute approximate surface area is 156 Å². The molecular weight excluding hydrogens is 349 g/mol. The molecule has 0 saturated carbocycles. The summed E-state index contributed by atoms with van der Waals surface area (Å²) >= 11 is 0. The molecule has 0 aliphatic carbocycles. The Kier molecular flexibility index (Phi) is 5.41. The molecule has 0 saturated heterocycles. The van der Waals surface area contributed by atoms with Crippen LogP contribution in [0.25, 0.3) is 22.2 Å². The SMILES string of the molecule is COc1c(C(=O)NC(CO)C(C)C)ccc2n[nH]c(-c3cccc(F)c3)c12. The van der Waals surface area contributed by atoms with Gasteiger partial charge in [-0.1, -0.05) is 26.0 Å². The number of nitrogens with zero attached hydrogens (tertiary/aromatic N) is 1. The molecule has 1 amide bonds. The number of aliphatic hydroxyl groups is 1. The van der Waals surface area contributed by atoms with Crippen molar-refractivity contribution in [3.8, 4) is 17.0 Å². The van der Waals surface area contributed by atoms with Gasteiger partial charge in [-0.2, -0.15) is 5.10 Å². The third-order valence-electron chi connectivity index (χ3n) is 4.55. The quantitative estimate of drug-likeness (QED) is 0.621. The number of halogens is 1. The monoisotopic (exact) mass is 371 g/mol. The fourth-order valence-electron chi connectivity index (χ4n) is 2.99. The third kappa shape index (κ3) is 3.64. The summed E-state index contributed by atoms with van der Waals surface area (Å²) in [6.07, 6.45) is 0. The van der Waals surface area contributed by atoms with Crippen molar-refractivity contribution < 1.29 is 19.0 Å². The van der Waals surface area contributed by atoms with E-state index in [9.17, 15) is 14.3 Å². The van der Waals surface area contributed by atoms with Gasteiger partial charge in [0.25, 0.3) is 5.91 Å². The number of ether oxygens (including phenoxy) is 1. The number of carbonyl (C=O) groups excluding carboxylic acids is 1. The number of fused-ring (bicyclic) bond motifs is 1. The zero-order chi connectivity index (χ0) is 19.6. The van der Waals surface area contributed by atoms with Gasteiger partial charge in [-0.3, -0.25) is 9.89 Å². The van der Waals surface area contributed by atoms with Crippen molar-refractivity contribution in [3.05, 3.63) is 47.8 Å². The number of hydrogen-bond donors (Lipinski definition) is 3. The number of rotatable bonds is 6. The molecule has 7 heteroatoms. The van der Waals surface area contributed by atoms with E-state index < -0.39 is 0 Å². The molecule has 0 bridgehead atoms. The molecule has 0 fully saturated rings. The number of hydrogen-bond acceptors (Lipinski definition) is 4. The summed E-state index contributed by atoms with van der Waals surface area (Å²) in [5, 5.41) is 20.0. The smallest absolute Gasteiger partial charge is 0.255 e. The normalized spacial score (nSPS) is 12.4. The van der Waals surface area contributed by atoms with Gasteiger partial charge in [-0.25, -0.2) is 4.39 Å². The predicted molar refractivity (Wildman–Crippen MR) is 101 cm³/mol. The Morgan fingerprint density at radius 2 is 2.11 bits per heavy atom. The van der Waals surface area contributed by atoms with Crippen LogP contribution in [0.1, 0.15) is 24.2 Å². The second-order valence-electron chi connectivity index (χ2n) is 6.66. The molecular formula is C20H22FN3O3. The van der Waals surface area contributed by atoms with Crippen molar-refractivity contribution in [1.82, 2.24) is 15.5 Å². The highest BCUT2D eigenvalue weighted by Crippen LogP contribution is 2.36. The Hall–Kier alpha value is -2.93. The van der Waals surface area contributed by atoms with Gasteiger partial charge < -0.3 is 15.2 Å². The molecule has 3 N–H and O–H groups in total. The van der Waals surface area contributed by atoms with Gasteiger partial charge in [-0.05, 0) is 30.2 Å². The lowest BCUT2D eigenvalue weighted by Crippen LogP contribution is -2.41. The topological polar surface area (TPSA) is 87.2 Å². The van der Waals surface area contributed by atoms with Crippen LogP contribution in [0.2, 0.25) is 0 Å². The Bertz CT molecular complexity index is 968. The number of nitrogens with one attached hydrogen (secondary N) is 2. The minimum Gasteiger partial charge on any atom is -0.495 e. The lowest BCUT2D eigenvalue weighted by atomic mass is 10.0.